The van der Waals surface area contributed by atoms with Crippen molar-refractivity contribution in [3.05, 3.63) is 144 Å². The summed E-state index contributed by atoms with van der Waals surface area (Å²) in [5, 5.41) is 11.1. The summed E-state index contributed by atoms with van der Waals surface area (Å²) in [4.78, 5) is 0. The second kappa shape index (κ2) is 14.0. The summed E-state index contributed by atoms with van der Waals surface area (Å²) in [6.07, 6.45) is 19.9. The lowest BCUT2D eigenvalue weighted by molar-refractivity contribution is 0.445. The Bertz CT molecular complexity index is 2700. The molecule has 7 aromatic carbocycles. The molecular weight excluding hydrogens is 669 g/mol. The second-order valence-electron chi connectivity index (χ2n) is 15.9. The molecule has 0 N–H and O–H groups in total. The average Bonchev–Trinajstić information content (AvgIpc) is 3.63. The van der Waals surface area contributed by atoms with Crippen LogP contribution in [-0.2, 0) is 0 Å². The van der Waals surface area contributed by atoms with Crippen LogP contribution in [0.2, 0.25) is 0 Å². The number of benzene rings is 7. The highest BCUT2D eigenvalue weighted by atomic mass is 32.1. The van der Waals surface area contributed by atoms with Crippen LogP contribution in [0.3, 0.4) is 0 Å². The number of fused-ring (bicyclic) bond motifs is 6. The Kier molecular flexibility index (Phi) is 8.72. The predicted molar refractivity (Wildman–Crippen MR) is 239 cm³/mol. The van der Waals surface area contributed by atoms with Gasteiger partial charge in [0.25, 0.3) is 0 Å². The molecule has 8 aromatic rings. The van der Waals surface area contributed by atoms with E-state index in [1.165, 1.54) is 156 Å². The maximum Gasteiger partial charge on any atom is 0.0434 e. The molecule has 266 valence electrons. The summed E-state index contributed by atoms with van der Waals surface area (Å²) in [5.74, 6) is 1.20. The molecule has 1 aromatic heterocycles. The molecule has 54 heavy (non-hydrogen) atoms. The van der Waals surface area contributed by atoms with Gasteiger partial charge in [0.2, 0.25) is 0 Å². The van der Waals surface area contributed by atoms with Gasteiger partial charge in [-0.1, -0.05) is 166 Å². The molecule has 0 amide bonds. The first kappa shape index (κ1) is 33.6. The van der Waals surface area contributed by atoms with E-state index in [1.807, 2.05) is 11.3 Å². The summed E-state index contributed by atoms with van der Waals surface area (Å²) >= 11 is 1.96. The third-order valence-corrected chi connectivity index (χ3v) is 14.1. The summed E-state index contributed by atoms with van der Waals surface area (Å²) in [6, 6.07) is 41.9. The molecular formula is C53H48S. The molecule has 2 saturated carbocycles. The lowest BCUT2D eigenvalue weighted by atomic mass is 9.76. The average molecular weight is 717 g/mol. The van der Waals surface area contributed by atoms with Crippen molar-refractivity contribution in [1.29, 1.82) is 0 Å². The normalized spacial score (nSPS) is 16.1. The number of hydrogen-bond acceptors (Lipinski definition) is 1. The minimum absolute atomic E-state index is 0.575. The fraction of sp³-hybridized carbons (Fsp3) is 0.245. The molecule has 0 bridgehead atoms. The van der Waals surface area contributed by atoms with E-state index in [0.29, 0.717) is 11.8 Å². The molecule has 0 saturated heterocycles. The zero-order chi connectivity index (χ0) is 36.2. The zero-order valence-electron chi connectivity index (χ0n) is 31.5. The van der Waals surface area contributed by atoms with E-state index in [0.717, 1.165) is 0 Å². The van der Waals surface area contributed by atoms with Gasteiger partial charge >= 0.3 is 0 Å². The van der Waals surface area contributed by atoms with Crippen LogP contribution >= 0.6 is 11.3 Å². The molecule has 0 aliphatic heterocycles. The van der Waals surface area contributed by atoms with Crippen molar-refractivity contribution >= 4 is 76.0 Å². The largest absolute Gasteiger partial charge is 0.135 e. The Hall–Kier alpha value is -4.98. The van der Waals surface area contributed by atoms with Gasteiger partial charge in [-0.05, 0) is 122 Å². The third kappa shape index (κ3) is 5.30. The topological polar surface area (TPSA) is 0 Å². The minimum Gasteiger partial charge on any atom is -0.135 e. The van der Waals surface area contributed by atoms with E-state index in [1.54, 1.807) is 5.56 Å². The first-order valence-corrected chi connectivity index (χ1v) is 21.3. The molecule has 0 nitrogen and oxygen atoms in total. The van der Waals surface area contributed by atoms with Crippen LogP contribution in [0.5, 0.6) is 0 Å². The quantitative estimate of drug-likeness (QED) is 0.150. The summed E-state index contributed by atoms with van der Waals surface area (Å²) in [7, 11) is 0. The fourth-order valence-corrected chi connectivity index (χ4v) is 12.0. The smallest absolute Gasteiger partial charge is 0.0434 e. The maximum atomic E-state index is 4.47. The van der Waals surface area contributed by atoms with Crippen molar-refractivity contribution < 1.29 is 0 Å². The Morgan fingerprint density at radius 3 is 1.59 bits per heavy atom. The third-order valence-electron chi connectivity index (χ3n) is 12.9. The van der Waals surface area contributed by atoms with Crippen molar-refractivity contribution in [3.63, 3.8) is 0 Å². The SMILES string of the molecule is C=Cc1c(/C=C\C)c(-c2cccc3c2sc2cccc(-c4c5ccccc5c(C5CCCCC5)c5ccccc45)c23)c2ccccc2c1C1CCCCC1. The number of rotatable bonds is 6. The fourth-order valence-electron chi connectivity index (χ4n) is 10.7. The van der Waals surface area contributed by atoms with Crippen molar-refractivity contribution in [2.24, 2.45) is 0 Å². The van der Waals surface area contributed by atoms with Gasteiger partial charge in [0.05, 0.1) is 0 Å². The van der Waals surface area contributed by atoms with Crippen LogP contribution in [-0.4, -0.2) is 0 Å². The predicted octanol–water partition coefficient (Wildman–Crippen LogP) is 16.6. The standard InChI is InChI=1S/C53H48S/c1-3-19-37-36(4-2)48(34-20-7-5-8-21-34)38-24-11-16-29-43(38)51(37)45-31-17-32-46-52-44(30-18-33-47(52)54-53(45)46)50-41-27-14-12-25-39(41)49(35-22-9-6-10-23-35)40-26-13-15-28-42(40)50/h3-4,11-19,24-35H,2,5-10,20-23H2,1H3/b19-3-. The van der Waals surface area contributed by atoms with Gasteiger partial charge in [0, 0.05) is 25.7 Å². The van der Waals surface area contributed by atoms with Crippen molar-refractivity contribution in [3.8, 4) is 22.3 Å². The summed E-state index contributed by atoms with van der Waals surface area (Å²) in [6.45, 7) is 6.63. The van der Waals surface area contributed by atoms with Crippen LogP contribution in [0.15, 0.2) is 122 Å². The molecule has 0 radical (unpaired) electrons. The van der Waals surface area contributed by atoms with Gasteiger partial charge < -0.3 is 0 Å². The minimum atomic E-state index is 0.575. The highest BCUT2D eigenvalue weighted by molar-refractivity contribution is 7.26. The first-order valence-electron chi connectivity index (χ1n) is 20.5. The molecule has 0 unspecified atom stereocenters. The van der Waals surface area contributed by atoms with Crippen LogP contribution < -0.4 is 0 Å². The maximum absolute atomic E-state index is 4.47. The molecule has 0 spiro atoms. The number of thiophene rings is 1. The van der Waals surface area contributed by atoms with E-state index in [-0.39, 0.29) is 0 Å². The van der Waals surface area contributed by atoms with Crippen molar-refractivity contribution in [1.82, 2.24) is 0 Å². The summed E-state index contributed by atoms with van der Waals surface area (Å²) < 4.78 is 2.71. The van der Waals surface area contributed by atoms with Crippen LogP contribution in [0, 0.1) is 0 Å². The Labute approximate surface area is 323 Å². The highest BCUT2D eigenvalue weighted by Gasteiger charge is 2.27. The Balaban J connectivity index is 1.27. The molecule has 10 rings (SSSR count). The van der Waals surface area contributed by atoms with E-state index in [2.05, 4.69) is 141 Å². The summed E-state index contributed by atoms with van der Waals surface area (Å²) in [5.41, 5.74) is 11.1. The second-order valence-corrected chi connectivity index (χ2v) is 16.9. The Morgan fingerprint density at radius 1 is 0.500 bits per heavy atom. The first-order chi connectivity index (χ1) is 26.8. The van der Waals surface area contributed by atoms with Gasteiger partial charge in [-0.15, -0.1) is 11.3 Å². The van der Waals surface area contributed by atoms with Crippen LogP contribution in [0.25, 0.3) is 86.9 Å². The van der Waals surface area contributed by atoms with Crippen molar-refractivity contribution in [2.45, 2.75) is 83.0 Å². The van der Waals surface area contributed by atoms with Gasteiger partial charge in [0.15, 0.2) is 0 Å². The zero-order valence-corrected chi connectivity index (χ0v) is 32.3. The van der Waals surface area contributed by atoms with Gasteiger partial charge in [-0.3, -0.25) is 0 Å². The monoisotopic (exact) mass is 716 g/mol. The molecule has 2 aliphatic carbocycles. The highest BCUT2D eigenvalue weighted by Crippen LogP contribution is 2.52. The van der Waals surface area contributed by atoms with Gasteiger partial charge in [-0.25, -0.2) is 0 Å². The Morgan fingerprint density at radius 2 is 1.00 bits per heavy atom. The van der Waals surface area contributed by atoms with E-state index in [4.69, 9.17) is 0 Å². The van der Waals surface area contributed by atoms with E-state index >= 15 is 0 Å². The van der Waals surface area contributed by atoms with E-state index < -0.39 is 0 Å². The molecule has 0 atom stereocenters. The van der Waals surface area contributed by atoms with E-state index in [9.17, 15) is 0 Å². The lowest BCUT2D eigenvalue weighted by Gasteiger charge is -2.28. The van der Waals surface area contributed by atoms with Crippen molar-refractivity contribution in [2.75, 3.05) is 0 Å². The van der Waals surface area contributed by atoms with Crippen LogP contribution in [0.4, 0.5) is 0 Å². The van der Waals surface area contributed by atoms with Gasteiger partial charge in [0.1, 0.15) is 0 Å². The number of allylic oxidation sites excluding steroid dienone is 1. The molecule has 2 aliphatic rings. The van der Waals surface area contributed by atoms with Gasteiger partial charge in [-0.2, -0.15) is 0 Å². The lowest BCUT2D eigenvalue weighted by Crippen LogP contribution is -2.09. The molecule has 2 fully saturated rings. The number of hydrogen-bond donors (Lipinski definition) is 0. The van der Waals surface area contributed by atoms with Crippen LogP contribution in [0.1, 0.15) is 105 Å². The molecule has 1 heterocycles. The molecule has 1 heteroatoms.